The molecule has 1 rings (SSSR count). The van der Waals surface area contributed by atoms with E-state index >= 15 is 0 Å². The Morgan fingerprint density at radius 1 is 1.33 bits per heavy atom. The van der Waals surface area contributed by atoms with Crippen molar-refractivity contribution in [2.45, 2.75) is 45.7 Å². The molecule has 0 radical (unpaired) electrons. The topological polar surface area (TPSA) is 78.5 Å². The molecule has 3 amide bonds. The summed E-state index contributed by atoms with van der Waals surface area (Å²) < 4.78 is 0. The highest BCUT2D eigenvalue weighted by molar-refractivity contribution is 5.90. The van der Waals surface area contributed by atoms with Gasteiger partial charge >= 0.3 is 0 Å². The van der Waals surface area contributed by atoms with Gasteiger partial charge in [-0.15, -0.1) is 0 Å². The second kappa shape index (κ2) is 6.37. The van der Waals surface area contributed by atoms with Crippen molar-refractivity contribution >= 4 is 17.7 Å². The van der Waals surface area contributed by atoms with Crippen molar-refractivity contribution in [1.29, 1.82) is 0 Å². The number of amides is 3. The predicted molar refractivity (Wildman–Crippen MR) is 66.7 cm³/mol. The number of carbonyl (C=O) groups is 3. The monoisotopic (exact) mass is 255 g/mol. The third-order valence-corrected chi connectivity index (χ3v) is 2.80. The molecular weight excluding hydrogens is 234 g/mol. The van der Waals surface area contributed by atoms with Crippen LogP contribution >= 0.6 is 0 Å². The van der Waals surface area contributed by atoms with E-state index in [0.717, 1.165) is 6.42 Å². The Balaban J connectivity index is 2.55. The summed E-state index contributed by atoms with van der Waals surface area (Å²) in [5.41, 5.74) is 0. The van der Waals surface area contributed by atoms with Crippen LogP contribution < -0.4 is 10.6 Å². The molecule has 0 aromatic rings. The van der Waals surface area contributed by atoms with Crippen LogP contribution in [0.3, 0.4) is 0 Å². The van der Waals surface area contributed by atoms with Gasteiger partial charge in [0.15, 0.2) is 0 Å². The van der Waals surface area contributed by atoms with Crippen molar-refractivity contribution < 1.29 is 14.4 Å². The third kappa shape index (κ3) is 4.01. The summed E-state index contributed by atoms with van der Waals surface area (Å²) in [5, 5.41) is 5.27. The Bertz CT molecular complexity index is 341. The minimum atomic E-state index is -0.395. The van der Waals surface area contributed by atoms with E-state index in [0.29, 0.717) is 13.0 Å². The van der Waals surface area contributed by atoms with Crippen LogP contribution in [0.5, 0.6) is 0 Å². The molecule has 1 unspecified atom stereocenters. The van der Waals surface area contributed by atoms with Crippen LogP contribution in [0.1, 0.15) is 33.6 Å². The number of nitrogens with one attached hydrogen (secondary N) is 2. The lowest BCUT2D eigenvalue weighted by molar-refractivity contribution is -0.138. The molecule has 2 N–H and O–H groups in total. The molecule has 0 spiro atoms. The van der Waals surface area contributed by atoms with Gasteiger partial charge in [-0.3, -0.25) is 14.4 Å². The average molecular weight is 255 g/mol. The molecule has 1 aliphatic rings. The van der Waals surface area contributed by atoms with Crippen LogP contribution in [0, 0.1) is 0 Å². The average Bonchev–Trinajstić information content (AvgIpc) is 2.73. The van der Waals surface area contributed by atoms with Crippen LogP contribution in [-0.2, 0) is 14.4 Å². The fourth-order valence-electron chi connectivity index (χ4n) is 2.02. The van der Waals surface area contributed by atoms with E-state index < -0.39 is 6.04 Å². The van der Waals surface area contributed by atoms with E-state index in [2.05, 4.69) is 10.6 Å². The zero-order valence-corrected chi connectivity index (χ0v) is 11.2. The molecule has 102 valence electrons. The van der Waals surface area contributed by atoms with E-state index in [4.69, 9.17) is 0 Å². The second-order valence-corrected chi connectivity index (χ2v) is 4.82. The summed E-state index contributed by atoms with van der Waals surface area (Å²) in [6, 6.07) is -0.334. The number of carbonyl (C=O) groups excluding carboxylic acids is 3. The Hall–Kier alpha value is -1.59. The molecular formula is C12H21N3O3. The van der Waals surface area contributed by atoms with Gasteiger partial charge in [0.05, 0.1) is 6.54 Å². The molecule has 0 aromatic heterocycles. The van der Waals surface area contributed by atoms with Crippen molar-refractivity contribution in [1.82, 2.24) is 15.5 Å². The van der Waals surface area contributed by atoms with Crippen LogP contribution in [-0.4, -0.2) is 47.8 Å². The van der Waals surface area contributed by atoms with Crippen molar-refractivity contribution in [3.63, 3.8) is 0 Å². The van der Waals surface area contributed by atoms with E-state index in [1.165, 1.54) is 6.92 Å². The molecule has 6 nitrogen and oxygen atoms in total. The zero-order chi connectivity index (χ0) is 13.7. The highest BCUT2D eigenvalue weighted by atomic mass is 16.2. The maximum Gasteiger partial charge on any atom is 0.243 e. The lowest BCUT2D eigenvalue weighted by Gasteiger charge is -2.24. The van der Waals surface area contributed by atoms with Gasteiger partial charge in [0, 0.05) is 19.5 Å². The Labute approximate surface area is 107 Å². The quantitative estimate of drug-likeness (QED) is 0.720. The van der Waals surface area contributed by atoms with Gasteiger partial charge in [0.25, 0.3) is 0 Å². The van der Waals surface area contributed by atoms with Gasteiger partial charge in [0.1, 0.15) is 6.04 Å². The molecule has 1 saturated heterocycles. The first-order valence-corrected chi connectivity index (χ1v) is 6.26. The van der Waals surface area contributed by atoms with Gasteiger partial charge in [-0.2, -0.15) is 0 Å². The standard InChI is InChI=1S/C12H21N3O3/c1-8(2)14-12(18)10-5-4-6-15(10)11(17)7-13-9(3)16/h8,10H,4-7H2,1-3H3,(H,13,16)(H,14,18). The Morgan fingerprint density at radius 3 is 2.56 bits per heavy atom. The van der Waals surface area contributed by atoms with E-state index in [-0.39, 0.29) is 30.3 Å². The number of hydrogen-bond donors (Lipinski definition) is 2. The summed E-state index contributed by atoms with van der Waals surface area (Å²) in [6.45, 7) is 5.67. The van der Waals surface area contributed by atoms with Crippen molar-refractivity contribution in [3.05, 3.63) is 0 Å². The smallest absolute Gasteiger partial charge is 0.243 e. The van der Waals surface area contributed by atoms with Crippen LogP contribution in [0.2, 0.25) is 0 Å². The van der Waals surface area contributed by atoms with E-state index in [9.17, 15) is 14.4 Å². The summed E-state index contributed by atoms with van der Waals surface area (Å²) in [5.74, 6) is -0.559. The number of nitrogens with zero attached hydrogens (tertiary/aromatic N) is 1. The summed E-state index contributed by atoms with van der Waals surface area (Å²) in [7, 11) is 0. The van der Waals surface area contributed by atoms with Crippen molar-refractivity contribution in [3.8, 4) is 0 Å². The van der Waals surface area contributed by atoms with Gasteiger partial charge in [-0.25, -0.2) is 0 Å². The first-order valence-electron chi connectivity index (χ1n) is 6.26. The number of rotatable bonds is 4. The minimum Gasteiger partial charge on any atom is -0.352 e. The molecule has 18 heavy (non-hydrogen) atoms. The number of likely N-dealkylation sites (tertiary alicyclic amines) is 1. The van der Waals surface area contributed by atoms with Crippen LogP contribution in [0.4, 0.5) is 0 Å². The predicted octanol–water partition coefficient (Wildman–Crippen LogP) is -0.362. The van der Waals surface area contributed by atoms with E-state index in [1.807, 2.05) is 13.8 Å². The van der Waals surface area contributed by atoms with Gasteiger partial charge in [-0.05, 0) is 26.7 Å². The van der Waals surface area contributed by atoms with Crippen LogP contribution in [0.25, 0.3) is 0 Å². The van der Waals surface area contributed by atoms with E-state index in [1.54, 1.807) is 4.90 Å². The SMILES string of the molecule is CC(=O)NCC(=O)N1CCCC1C(=O)NC(C)C. The zero-order valence-electron chi connectivity index (χ0n) is 11.2. The molecule has 1 fully saturated rings. The van der Waals surface area contributed by atoms with Crippen molar-refractivity contribution in [2.75, 3.05) is 13.1 Å². The minimum absolute atomic E-state index is 0.0409. The molecule has 0 bridgehead atoms. The molecule has 1 aliphatic heterocycles. The third-order valence-electron chi connectivity index (χ3n) is 2.80. The Morgan fingerprint density at radius 2 is 2.00 bits per heavy atom. The molecule has 1 heterocycles. The molecule has 6 heteroatoms. The van der Waals surface area contributed by atoms with Crippen molar-refractivity contribution in [2.24, 2.45) is 0 Å². The first kappa shape index (κ1) is 14.5. The van der Waals surface area contributed by atoms with Gasteiger partial charge in [0.2, 0.25) is 17.7 Å². The lowest BCUT2D eigenvalue weighted by atomic mass is 10.2. The fraction of sp³-hybridized carbons (Fsp3) is 0.750. The summed E-state index contributed by atoms with van der Waals surface area (Å²) in [6.07, 6.45) is 1.51. The molecule has 1 atom stereocenters. The molecule has 0 aromatic carbocycles. The van der Waals surface area contributed by atoms with Crippen LogP contribution in [0.15, 0.2) is 0 Å². The summed E-state index contributed by atoms with van der Waals surface area (Å²) in [4.78, 5) is 36.1. The largest absolute Gasteiger partial charge is 0.352 e. The first-order chi connectivity index (χ1) is 8.41. The highest BCUT2D eigenvalue weighted by Gasteiger charge is 2.33. The highest BCUT2D eigenvalue weighted by Crippen LogP contribution is 2.17. The lowest BCUT2D eigenvalue weighted by Crippen LogP contribution is -2.50. The fourth-order valence-corrected chi connectivity index (χ4v) is 2.02. The van der Waals surface area contributed by atoms with Gasteiger partial charge < -0.3 is 15.5 Å². The molecule has 0 saturated carbocycles. The normalized spacial score (nSPS) is 18.9. The maximum absolute atomic E-state index is 11.9. The van der Waals surface area contributed by atoms with Gasteiger partial charge in [-0.1, -0.05) is 0 Å². The Kier molecular flexibility index (Phi) is 5.12. The molecule has 0 aliphatic carbocycles. The maximum atomic E-state index is 11.9. The summed E-state index contributed by atoms with van der Waals surface area (Å²) >= 11 is 0. The number of hydrogen-bond acceptors (Lipinski definition) is 3. The second-order valence-electron chi connectivity index (χ2n) is 4.82.